The summed E-state index contributed by atoms with van der Waals surface area (Å²) in [4.78, 5) is 15.8. The number of nitriles is 1. The lowest BCUT2D eigenvalue weighted by atomic mass is 9.48. The molecule has 292 valence electrons. The minimum Gasteiger partial charge on any atom is -0.208 e. The molecule has 4 heteroatoms. The van der Waals surface area contributed by atoms with Crippen molar-refractivity contribution in [1.82, 2.24) is 15.0 Å². The zero-order valence-electron chi connectivity index (χ0n) is 34.0. The monoisotopic (exact) mass is 784 g/mol. The smallest absolute Gasteiger partial charge is 0.164 e. The Morgan fingerprint density at radius 3 is 1.66 bits per heavy atom. The normalized spacial score (nSPS) is 23.0. The Kier molecular flexibility index (Phi) is 8.29. The third-order valence-corrected chi connectivity index (χ3v) is 14.6. The van der Waals surface area contributed by atoms with Crippen molar-refractivity contribution in [2.75, 3.05) is 0 Å². The summed E-state index contributed by atoms with van der Waals surface area (Å²) < 4.78 is 0. The summed E-state index contributed by atoms with van der Waals surface area (Å²) in [6.45, 7) is 0. The molecule has 0 saturated heterocycles. The second-order valence-corrected chi connectivity index (χ2v) is 18.1. The van der Waals surface area contributed by atoms with Crippen LogP contribution >= 0.6 is 0 Å². The van der Waals surface area contributed by atoms with Crippen LogP contribution in [0.4, 0.5) is 0 Å². The van der Waals surface area contributed by atoms with Crippen molar-refractivity contribution in [3.8, 4) is 62.5 Å². The van der Waals surface area contributed by atoms with Crippen LogP contribution in [-0.4, -0.2) is 15.0 Å². The van der Waals surface area contributed by atoms with E-state index in [0.717, 1.165) is 67.8 Å². The number of hydrogen-bond acceptors (Lipinski definition) is 4. The molecule has 61 heavy (non-hydrogen) atoms. The van der Waals surface area contributed by atoms with Crippen LogP contribution in [0.2, 0.25) is 0 Å². The first-order valence-electron chi connectivity index (χ1n) is 21.9. The number of rotatable bonds is 7. The van der Waals surface area contributed by atoms with Crippen molar-refractivity contribution in [3.05, 3.63) is 209 Å². The van der Waals surface area contributed by atoms with Gasteiger partial charge in [0, 0.05) is 16.7 Å². The van der Waals surface area contributed by atoms with E-state index in [4.69, 9.17) is 15.0 Å². The molecule has 1 atom stereocenters. The third kappa shape index (κ3) is 5.82. The van der Waals surface area contributed by atoms with Crippen molar-refractivity contribution in [1.29, 1.82) is 5.26 Å². The third-order valence-electron chi connectivity index (χ3n) is 14.6. The molecule has 1 heterocycles. The van der Waals surface area contributed by atoms with E-state index < -0.39 is 5.41 Å². The molecule has 8 aromatic rings. The predicted molar refractivity (Wildman–Crippen MR) is 243 cm³/mol. The second-order valence-electron chi connectivity index (χ2n) is 18.1. The van der Waals surface area contributed by atoms with Crippen LogP contribution in [0.25, 0.3) is 56.4 Å². The molecule has 7 aromatic carbocycles. The zero-order valence-corrected chi connectivity index (χ0v) is 34.0. The van der Waals surface area contributed by atoms with E-state index >= 15 is 0 Å². The molecule has 1 aromatic heterocycles. The van der Waals surface area contributed by atoms with Crippen molar-refractivity contribution in [3.63, 3.8) is 0 Å². The van der Waals surface area contributed by atoms with Crippen LogP contribution in [0.15, 0.2) is 176 Å². The van der Waals surface area contributed by atoms with Gasteiger partial charge in [0.25, 0.3) is 0 Å². The first kappa shape index (κ1) is 35.9. The maximum atomic E-state index is 10.0. The Balaban J connectivity index is 1.02. The van der Waals surface area contributed by atoms with Crippen molar-refractivity contribution in [2.24, 2.45) is 17.8 Å². The molecular weight excluding hydrogens is 741 g/mol. The van der Waals surface area contributed by atoms with E-state index in [1.807, 2.05) is 12.1 Å². The van der Waals surface area contributed by atoms with E-state index in [2.05, 4.69) is 170 Å². The largest absolute Gasteiger partial charge is 0.208 e. The lowest BCUT2D eigenvalue weighted by Crippen LogP contribution is -2.48. The number of nitrogens with zero attached hydrogens (tertiary/aromatic N) is 4. The van der Waals surface area contributed by atoms with Gasteiger partial charge in [0.1, 0.15) is 0 Å². The van der Waals surface area contributed by atoms with Crippen LogP contribution in [-0.2, 0) is 10.8 Å². The molecule has 4 nitrogen and oxygen atoms in total. The average Bonchev–Trinajstić information content (AvgIpc) is 3.62. The fourth-order valence-corrected chi connectivity index (χ4v) is 12.4. The van der Waals surface area contributed by atoms with Crippen LogP contribution in [0, 0.1) is 29.1 Å². The van der Waals surface area contributed by atoms with Gasteiger partial charge in [-0.05, 0) is 136 Å². The lowest BCUT2D eigenvalue weighted by molar-refractivity contribution is -0.00518. The molecule has 4 fully saturated rings. The van der Waals surface area contributed by atoms with Gasteiger partial charge in [-0.15, -0.1) is 0 Å². The summed E-state index contributed by atoms with van der Waals surface area (Å²) in [5.41, 5.74) is 13.9. The van der Waals surface area contributed by atoms with E-state index in [1.54, 1.807) is 0 Å². The molecule has 0 radical (unpaired) electrons. The van der Waals surface area contributed by atoms with Gasteiger partial charge in [0.2, 0.25) is 0 Å². The highest BCUT2D eigenvalue weighted by atomic mass is 15.0. The molecule has 5 aliphatic carbocycles. The SMILES string of the molecule is N#Cc1cccc(C2(c3ccccc3)c3ccccc3-c3cc(-c4nc(-c5ccc(C67C[C@H]8C[C@@H](C6)C[C@@H](C7)C8)cc5)nc(-c5cccc(-c6ccccc6)c5)n4)ccc32)c1. The van der Waals surface area contributed by atoms with Gasteiger partial charge in [-0.3, -0.25) is 0 Å². The van der Waals surface area contributed by atoms with Gasteiger partial charge in [-0.2, -0.15) is 5.26 Å². The molecule has 0 spiro atoms. The van der Waals surface area contributed by atoms with Crippen LogP contribution in [0.1, 0.15) is 71.9 Å². The topological polar surface area (TPSA) is 62.5 Å². The number of fused-ring (bicyclic) bond motifs is 3. The van der Waals surface area contributed by atoms with Crippen LogP contribution < -0.4 is 0 Å². The Labute approximate surface area is 357 Å². The Hall–Kier alpha value is -6.96. The molecule has 13 rings (SSSR count). The molecule has 4 saturated carbocycles. The molecule has 0 N–H and O–H groups in total. The van der Waals surface area contributed by atoms with E-state index in [-0.39, 0.29) is 0 Å². The summed E-state index contributed by atoms with van der Waals surface area (Å²) in [5, 5.41) is 10.0. The average molecular weight is 785 g/mol. The number of hydrogen-bond donors (Lipinski definition) is 0. The van der Waals surface area contributed by atoms with E-state index in [1.165, 1.54) is 55.2 Å². The molecule has 0 amide bonds. The highest BCUT2D eigenvalue weighted by molar-refractivity contribution is 5.88. The maximum Gasteiger partial charge on any atom is 0.164 e. The van der Waals surface area contributed by atoms with Gasteiger partial charge in [-0.25, -0.2) is 15.0 Å². The number of aromatic nitrogens is 3. The summed E-state index contributed by atoms with van der Waals surface area (Å²) in [6, 6.07) is 64.9. The van der Waals surface area contributed by atoms with Crippen molar-refractivity contribution >= 4 is 0 Å². The highest BCUT2D eigenvalue weighted by Gasteiger charge is 2.51. The zero-order chi connectivity index (χ0) is 40.5. The predicted octanol–water partition coefficient (Wildman–Crippen LogP) is 13.2. The summed E-state index contributed by atoms with van der Waals surface area (Å²) >= 11 is 0. The van der Waals surface area contributed by atoms with E-state index in [9.17, 15) is 5.26 Å². The fourth-order valence-electron chi connectivity index (χ4n) is 12.4. The molecule has 1 unspecified atom stereocenters. The summed E-state index contributed by atoms with van der Waals surface area (Å²) in [6.07, 6.45) is 8.34. The van der Waals surface area contributed by atoms with Gasteiger partial charge >= 0.3 is 0 Å². The molecular formula is C57H44N4. The Morgan fingerprint density at radius 2 is 0.951 bits per heavy atom. The Morgan fingerprint density at radius 1 is 0.410 bits per heavy atom. The Bertz CT molecular complexity index is 2980. The standard InChI is InChI=1S/C57H44N4/c58-36-37-11-9-18-48(30-37)57(47-16-5-2-6-17-47)51-20-8-7-19-49(51)50-32-45(23-26-52(50)57)55-60-53(59-54(61-55)44-15-10-14-43(31-44)41-12-3-1-4-13-41)42-21-24-46(25-22-42)56-33-38-27-39(34-56)29-40(28-38)35-56/h1-26,30-32,38-40H,27-29,33-35H2/t38-,39+,40-,56?,57?. The number of benzene rings is 7. The molecule has 0 aliphatic heterocycles. The summed E-state index contributed by atoms with van der Waals surface area (Å²) in [7, 11) is 0. The second kappa shape index (κ2) is 14.1. The minimum atomic E-state index is -0.621. The van der Waals surface area contributed by atoms with Crippen LogP contribution in [0.5, 0.6) is 0 Å². The van der Waals surface area contributed by atoms with Gasteiger partial charge in [0.05, 0.1) is 17.0 Å². The fraction of sp³-hybridized carbons (Fsp3) is 0.193. The van der Waals surface area contributed by atoms with Gasteiger partial charge in [-0.1, -0.05) is 152 Å². The van der Waals surface area contributed by atoms with Crippen molar-refractivity contribution < 1.29 is 0 Å². The van der Waals surface area contributed by atoms with Crippen LogP contribution in [0.3, 0.4) is 0 Å². The lowest BCUT2D eigenvalue weighted by Gasteiger charge is -2.57. The molecule has 5 aliphatic rings. The van der Waals surface area contributed by atoms with Gasteiger partial charge in [0.15, 0.2) is 17.5 Å². The highest BCUT2D eigenvalue weighted by Crippen LogP contribution is 2.61. The first-order chi connectivity index (χ1) is 30.1. The molecule has 4 bridgehead atoms. The van der Waals surface area contributed by atoms with Gasteiger partial charge < -0.3 is 0 Å². The van der Waals surface area contributed by atoms with E-state index in [0.29, 0.717) is 28.5 Å². The maximum absolute atomic E-state index is 10.0. The summed E-state index contributed by atoms with van der Waals surface area (Å²) in [5.74, 6) is 4.65. The van der Waals surface area contributed by atoms with Crippen molar-refractivity contribution in [2.45, 2.75) is 49.4 Å². The minimum absolute atomic E-state index is 0.326. The first-order valence-corrected chi connectivity index (χ1v) is 21.9. The quantitative estimate of drug-likeness (QED) is 0.161.